The van der Waals surface area contributed by atoms with Crippen molar-refractivity contribution >= 4 is 51.6 Å². The number of hydrogen-bond acceptors (Lipinski definition) is 7. The smallest absolute Gasteiger partial charge is 0.257 e. The summed E-state index contributed by atoms with van der Waals surface area (Å²) in [5, 5.41) is 3.39. The first-order valence-corrected chi connectivity index (χ1v) is 9.15. The molecule has 0 saturated heterocycles. The van der Waals surface area contributed by atoms with Crippen molar-refractivity contribution in [2.75, 3.05) is 25.3 Å². The number of hydrogen-bond donors (Lipinski definition) is 2. The molecule has 10 heteroatoms. The molecule has 3 N–H and O–H groups in total. The maximum Gasteiger partial charge on any atom is 0.257 e. The summed E-state index contributed by atoms with van der Waals surface area (Å²) >= 11 is 8.67. The molecular formula is C15H16ClN3O4S2. The summed E-state index contributed by atoms with van der Waals surface area (Å²) < 4.78 is 11.2. The van der Waals surface area contributed by atoms with E-state index < -0.39 is 5.91 Å². The van der Waals surface area contributed by atoms with E-state index in [9.17, 15) is 9.59 Å². The van der Waals surface area contributed by atoms with Gasteiger partial charge in [0, 0.05) is 5.56 Å². The zero-order valence-electron chi connectivity index (χ0n) is 13.7. The van der Waals surface area contributed by atoms with Crippen LogP contribution in [-0.4, -0.2) is 36.8 Å². The number of benzene rings is 1. The van der Waals surface area contributed by atoms with Crippen molar-refractivity contribution in [2.24, 2.45) is 5.73 Å². The Morgan fingerprint density at radius 3 is 2.68 bits per heavy atom. The third-order valence-corrected chi connectivity index (χ3v) is 5.75. The number of carbonyl (C=O) groups excluding carboxylic acids is 2. The Bertz CT molecular complexity index is 810. The number of halogens is 1. The highest BCUT2D eigenvalue weighted by atomic mass is 35.5. The van der Waals surface area contributed by atoms with E-state index in [0.29, 0.717) is 22.2 Å². The van der Waals surface area contributed by atoms with Gasteiger partial charge in [-0.1, -0.05) is 22.9 Å². The van der Waals surface area contributed by atoms with Gasteiger partial charge in [0.2, 0.25) is 5.91 Å². The number of amides is 2. The number of thioether (sulfide) groups is 1. The highest BCUT2D eigenvalue weighted by Gasteiger charge is 2.17. The summed E-state index contributed by atoms with van der Waals surface area (Å²) in [6.45, 7) is 1.79. The molecule has 0 bridgehead atoms. The number of aromatic nitrogens is 1. The first kappa shape index (κ1) is 19.4. The van der Waals surface area contributed by atoms with Crippen LogP contribution in [0.3, 0.4) is 0 Å². The predicted molar refractivity (Wildman–Crippen MR) is 99.3 cm³/mol. The highest BCUT2D eigenvalue weighted by Crippen LogP contribution is 2.37. The van der Waals surface area contributed by atoms with Crippen molar-refractivity contribution in [1.82, 2.24) is 4.98 Å². The fraction of sp³-hybridized carbons (Fsp3) is 0.267. The van der Waals surface area contributed by atoms with Crippen LogP contribution in [-0.2, 0) is 4.79 Å². The number of anilines is 1. The number of rotatable bonds is 7. The quantitative estimate of drug-likeness (QED) is 0.691. The van der Waals surface area contributed by atoms with Crippen LogP contribution >= 0.6 is 34.7 Å². The largest absolute Gasteiger partial charge is 0.493 e. The zero-order chi connectivity index (χ0) is 18.6. The van der Waals surface area contributed by atoms with Crippen molar-refractivity contribution in [3.63, 3.8) is 0 Å². The van der Waals surface area contributed by atoms with Gasteiger partial charge in [-0.05, 0) is 19.1 Å². The maximum absolute atomic E-state index is 12.4. The second-order valence-corrected chi connectivity index (χ2v) is 7.44. The average molecular weight is 402 g/mol. The van der Waals surface area contributed by atoms with Gasteiger partial charge in [-0.3, -0.25) is 14.9 Å². The van der Waals surface area contributed by atoms with Crippen LogP contribution in [0.4, 0.5) is 5.13 Å². The van der Waals surface area contributed by atoms with E-state index in [1.807, 2.05) is 0 Å². The Labute approximate surface area is 157 Å². The van der Waals surface area contributed by atoms with Gasteiger partial charge < -0.3 is 15.2 Å². The van der Waals surface area contributed by atoms with Crippen LogP contribution in [0, 0.1) is 6.92 Å². The minimum absolute atomic E-state index is 0.154. The maximum atomic E-state index is 12.4. The number of primary amides is 1. The van der Waals surface area contributed by atoms with Crippen LogP contribution in [0.2, 0.25) is 5.02 Å². The average Bonchev–Trinajstić information content (AvgIpc) is 2.91. The summed E-state index contributed by atoms with van der Waals surface area (Å²) in [7, 11) is 2.93. The Morgan fingerprint density at radius 1 is 1.36 bits per heavy atom. The van der Waals surface area contributed by atoms with Crippen LogP contribution < -0.4 is 20.5 Å². The summed E-state index contributed by atoms with van der Waals surface area (Å²) in [6.07, 6.45) is 0. The van der Waals surface area contributed by atoms with Gasteiger partial charge in [-0.25, -0.2) is 4.98 Å². The molecule has 1 aromatic carbocycles. The third kappa shape index (κ3) is 4.77. The van der Waals surface area contributed by atoms with E-state index in [0.717, 1.165) is 9.90 Å². The van der Waals surface area contributed by atoms with Crippen molar-refractivity contribution in [3.05, 3.63) is 28.4 Å². The van der Waals surface area contributed by atoms with Gasteiger partial charge in [-0.15, -0.1) is 11.8 Å². The fourth-order valence-electron chi connectivity index (χ4n) is 1.92. The van der Waals surface area contributed by atoms with Crippen molar-refractivity contribution in [2.45, 2.75) is 11.1 Å². The lowest BCUT2D eigenvalue weighted by molar-refractivity contribution is -0.115. The second kappa shape index (κ2) is 8.41. The molecule has 2 rings (SSSR count). The number of nitrogens with zero attached hydrogens (tertiary/aromatic N) is 1. The molecule has 0 spiro atoms. The van der Waals surface area contributed by atoms with E-state index in [1.165, 1.54) is 49.5 Å². The van der Waals surface area contributed by atoms with Gasteiger partial charge in [0.15, 0.2) is 16.6 Å². The van der Waals surface area contributed by atoms with Gasteiger partial charge in [0.1, 0.15) is 0 Å². The minimum Gasteiger partial charge on any atom is -0.493 e. The lowest BCUT2D eigenvalue weighted by Gasteiger charge is -2.11. The summed E-state index contributed by atoms with van der Waals surface area (Å²) in [5.74, 6) is 0.0670. The number of aryl methyl sites for hydroxylation is 1. The van der Waals surface area contributed by atoms with E-state index in [-0.39, 0.29) is 16.7 Å². The van der Waals surface area contributed by atoms with E-state index in [2.05, 4.69) is 10.3 Å². The molecular weight excluding hydrogens is 386 g/mol. The standard InChI is InChI=1S/C15H16ClN3O4S2/c1-7-14(24-6-11(17)20)25-15(18-7)19-13(21)8-4-9(16)12(23-3)10(5-8)22-2/h4-5H,6H2,1-3H3,(H2,17,20)(H,18,19,21). The molecule has 134 valence electrons. The fourth-order valence-corrected chi connectivity index (χ4v) is 4.09. The Kier molecular flexibility index (Phi) is 6.51. The molecule has 0 saturated carbocycles. The highest BCUT2D eigenvalue weighted by molar-refractivity contribution is 8.01. The molecule has 0 unspecified atom stereocenters. The lowest BCUT2D eigenvalue weighted by Crippen LogP contribution is -2.12. The normalized spacial score (nSPS) is 10.4. The van der Waals surface area contributed by atoms with Gasteiger partial charge >= 0.3 is 0 Å². The lowest BCUT2D eigenvalue weighted by atomic mass is 10.2. The second-order valence-electron chi connectivity index (χ2n) is 4.79. The molecule has 7 nitrogen and oxygen atoms in total. The van der Waals surface area contributed by atoms with E-state index in [1.54, 1.807) is 6.92 Å². The Morgan fingerprint density at radius 2 is 2.08 bits per heavy atom. The first-order valence-electron chi connectivity index (χ1n) is 6.97. The Hall–Kier alpha value is -1.97. The molecule has 25 heavy (non-hydrogen) atoms. The third-order valence-electron chi connectivity index (χ3n) is 3.02. The number of nitrogens with two attached hydrogens (primary N) is 1. The molecule has 2 amide bonds. The Balaban J connectivity index is 2.18. The molecule has 0 aliphatic heterocycles. The topological polar surface area (TPSA) is 104 Å². The SMILES string of the molecule is COc1cc(C(=O)Nc2nc(C)c(SCC(N)=O)s2)cc(Cl)c1OC. The van der Waals surface area contributed by atoms with Gasteiger partial charge in [0.25, 0.3) is 5.91 Å². The van der Waals surface area contributed by atoms with Gasteiger partial charge in [0.05, 0.1) is 34.9 Å². The number of nitrogens with one attached hydrogen (secondary N) is 1. The molecule has 0 radical (unpaired) electrons. The molecule has 0 atom stereocenters. The van der Waals surface area contributed by atoms with E-state index >= 15 is 0 Å². The number of methoxy groups -OCH3 is 2. The van der Waals surface area contributed by atoms with Crippen molar-refractivity contribution in [3.8, 4) is 11.5 Å². The number of thiazole rings is 1. The van der Waals surface area contributed by atoms with Crippen molar-refractivity contribution < 1.29 is 19.1 Å². The minimum atomic E-state index is -0.414. The molecule has 1 heterocycles. The molecule has 2 aromatic rings. The zero-order valence-corrected chi connectivity index (χ0v) is 16.1. The molecule has 0 aliphatic carbocycles. The van der Waals surface area contributed by atoms with Crippen LogP contribution in [0.1, 0.15) is 16.1 Å². The predicted octanol–water partition coefficient (Wildman–Crippen LogP) is 2.95. The van der Waals surface area contributed by atoms with Crippen LogP contribution in [0.5, 0.6) is 11.5 Å². The number of ether oxygens (including phenoxy) is 2. The molecule has 1 aromatic heterocycles. The summed E-state index contributed by atoms with van der Waals surface area (Å²) in [5.41, 5.74) is 6.17. The van der Waals surface area contributed by atoms with Gasteiger partial charge in [-0.2, -0.15) is 0 Å². The monoisotopic (exact) mass is 401 g/mol. The summed E-state index contributed by atoms with van der Waals surface area (Å²) in [4.78, 5) is 27.6. The first-order chi connectivity index (χ1) is 11.8. The molecule has 0 aliphatic rings. The van der Waals surface area contributed by atoms with E-state index in [4.69, 9.17) is 26.8 Å². The number of carbonyl (C=O) groups is 2. The molecule has 0 fully saturated rings. The van der Waals surface area contributed by atoms with Crippen LogP contribution in [0.25, 0.3) is 0 Å². The van der Waals surface area contributed by atoms with Crippen LogP contribution in [0.15, 0.2) is 16.3 Å². The van der Waals surface area contributed by atoms with Crippen molar-refractivity contribution in [1.29, 1.82) is 0 Å². The summed E-state index contributed by atoms with van der Waals surface area (Å²) in [6, 6.07) is 3.02.